The summed E-state index contributed by atoms with van der Waals surface area (Å²) in [4.78, 5) is 0. The Morgan fingerprint density at radius 2 is 1.62 bits per heavy atom. The first kappa shape index (κ1) is 24.5. The minimum atomic E-state index is -0.699. The Morgan fingerprint density at radius 1 is 1.00 bits per heavy atom. The van der Waals surface area contributed by atoms with Crippen LogP contribution < -0.4 is 24.8 Å². The summed E-state index contributed by atoms with van der Waals surface area (Å²) in [6.45, 7) is 14.4. The molecule has 0 atom stereocenters. The molecule has 0 heterocycles. The minimum Gasteiger partial charge on any atom is -1.00 e. The van der Waals surface area contributed by atoms with E-state index in [1.165, 1.54) is 44.9 Å². The molecule has 26 heavy (non-hydrogen) atoms. The van der Waals surface area contributed by atoms with Crippen LogP contribution in [0.25, 0.3) is 0 Å². The van der Waals surface area contributed by atoms with E-state index in [2.05, 4.69) is 47.6 Å². The Hall–Kier alpha value is 0.423. The molecule has 0 radical (unpaired) electrons. The zero-order valence-corrected chi connectivity index (χ0v) is 21.3. The fourth-order valence-electron chi connectivity index (χ4n) is 4.88. The van der Waals surface area contributed by atoms with Crippen LogP contribution in [-0.4, -0.2) is 0 Å². The van der Waals surface area contributed by atoms with Crippen LogP contribution in [0, 0.1) is 11.3 Å². The van der Waals surface area contributed by atoms with Gasteiger partial charge in [-0.05, 0) is 0 Å². The van der Waals surface area contributed by atoms with Crippen LogP contribution in [0.3, 0.4) is 0 Å². The van der Waals surface area contributed by atoms with Crippen LogP contribution in [0.1, 0.15) is 86.5 Å². The van der Waals surface area contributed by atoms with Gasteiger partial charge in [0.15, 0.2) is 0 Å². The van der Waals surface area contributed by atoms with Crippen molar-refractivity contribution < 1.29 is 48.0 Å². The predicted molar refractivity (Wildman–Crippen MR) is 101 cm³/mol. The van der Waals surface area contributed by atoms with Crippen LogP contribution in [0.5, 0.6) is 0 Å². The summed E-state index contributed by atoms with van der Waals surface area (Å²) in [7, 11) is 0. The second-order valence-corrected chi connectivity index (χ2v) is 11.6. The van der Waals surface area contributed by atoms with E-state index in [0.29, 0.717) is 5.41 Å². The number of halogens is 2. The molecule has 0 unspecified atom stereocenters. The van der Waals surface area contributed by atoms with Crippen molar-refractivity contribution >= 4 is 0 Å². The quantitative estimate of drug-likeness (QED) is 0.579. The number of hydrogen-bond acceptors (Lipinski definition) is 0. The van der Waals surface area contributed by atoms with E-state index in [1.54, 1.807) is 22.3 Å². The average Bonchev–Trinajstić information content (AvgIpc) is 3.05. The van der Waals surface area contributed by atoms with E-state index >= 15 is 0 Å². The maximum atomic E-state index is 2.63. The summed E-state index contributed by atoms with van der Waals surface area (Å²) in [5.41, 5.74) is 8.76. The van der Waals surface area contributed by atoms with Crippen molar-refractivity contribution in [3.8, 4) is 0 Å². The van der Waals surface area contributed by atoms with Crippen LogP contribution in [0.4, 0.5) is 0 Å². The van der Waals surface area contributed by atoms with Gasteiger partial charge in [-0.1, -0.05) is 0 Å². The van der Waals surface area contributed by atoms with Crippen molar-refractivity contribution in [2.24, 2.45) is 11.3 Å². The third-order valence-corrected chi connectivity index (χ3v) is 12.3. The number of rotatable bonds is 4. The fourth-order valence-corrected chi connectivity index (χ4v) is 9.87. The summed E-state index contributed by atoms with van der Waals surface area (Å²) in [5, 5.41) is 0. The number of allylic oxidation sites excluding steroid dienone is 8. The topological polar surface area (TPSA) is 0 Å². The van der Waals surface area contributed by atoms with Gasteiger partial charge in [-0.2, -0.15) is 0 Å². The zero-order chi connectivity index (χ0) is 17.5. The summed E-state index contributed by atoms with van der Waals surface area (Å²) < 4.78 is 3.75. The van der Waals surface area contributed by atoms with Crippen LogP contribution in [-0.2, 0) is 23.2 Å². The molecule has 0 aromatic carbocycles. The van der Waals surface area contributed by atoms with Gasteiger partial charge in [0.05, 0.1) is 0 Å². The average molecular weight is 473 g/mol. The molecular weight excluding hydrogens is 438 g/mol. The second kappa shape index (κ2) is 9.76. The first-order chi connectivity index (χ1) is 11.4. The van der Waals surface area contributed by atoms with Crippen LogP contribution in [0.15, 0.2) is 40.5 Å². The Bertz CT molecular complexity index is 656. The SMILES string of the molecule is CCC1=[C]([Zr+2][C]2=C(C)C(C)=C(C)C2(C)C)C(C2CCCCC2)=CC1.[Cl-].[Cl-]. The Morgan fingerprint density at radius 3 is 2.12 bits per heavy atom. The van der Waals surface area contributed by atoms with Crippen molar-refractivity contribution in [2.75, 3.05) is 0 Å². The maximum absolute atomic E-state index is 2.63. The van der Waals surface area contributed by atoms with E-state index in [1.807, 2.05) is 12.1 Å². The Kier molecular flexibility index (Phi) is 9.18. The minimum absolute atomic E-state index is 0. The summed E-state index contributed by atoms with van der Waals surface area (Å²) in [6.07, 6.45) is 12.4. The fraction of sp³-hybridized carbons (Fsp3) is 0.652. The molecule has 0 nitrogen and oxygen atoms in total. The second-order valence-electron chi connectivity index (χ2n) is 8.53. The zero-order valence-electron chi connectivity index (χ0n) is 17.4. The molecule has 0 N–H and O–H groups in total. The molecule has 0 amide bonds. The van der Waals surface area contributed by atoms with Gasteiger partial charge in [-0.25, -0.2) is 0 Å². The molecule has 3 rings (SSSR count). The van der Waals surface area contributed by atoms with Gasteiger partial charge in [-0.3, -0.25) is 0 Å². The van der Waals surface area contributed by atoms with Gasteiger partial charge in [0.2, 0.25) is 0 Å². The molecule has 1 saturated carbocycles. The van der Waals surface area contributed by atoms with Gasteiger partial charge >= 0.3 is 162 Å². The van der Waals surface area contributed by atoms with Gasteiger partial charge < -0.3 is 24.8 Å². The molecule has 0 bridgehead atoms. The Balaban J connectivity index is 0.00000169. The van der Waals surface area contributed by atoms with Crippen molar-refractivity contribution in [3.63, 3.8) is 0 Å². The van der Waals surface area contributed by atoms with Crippen molar-refractivity contribution in [1.29, 1.82) is 0 Å². The van der Waals surface area contributed by atoms with E-state index < -0.39 is 23.2 Å². The monoisotopic (exact) mass is 470 g/mol. The molecule has 0 aromatic rings. The standard InChI is InChI=1S/C13H19.C10H15.2ClH.Zr/c1-2-11-8-9-13(10-11)12-6-4-3-5-7-12;1-7-6-10(4,5)9(3)8(7)2;;;/h9,12H,2-8H2,1H3;1-5H3;2*1H;/q;;;;+2/p-2. The first-order valence-electron chi connectivity index (χ1n) is 9.97. The third-order valence-electron chi connectivity index (χ3n) is 6.99. The molecule has 0 saturated heterocycles. The number of hydrogen-bond donors (Lipinski definition) is 0. The summed E-state index contributed by atoms with van der Waals surface area (Å²) in [5.74, 6) is 0.888. The summed E-state index contributed by atoms with van der Waals surface area (Å²) in [6, 6.07) is 0. The van der Waals surface area contributed by atoms with Gasteiger partial charge in [0.25, 0.3) is 0 Å². The van der Waals surface area contributed by atoms with Gasteiger partial charge in [-0.15, -0.1) is 0 Å². The van der Waals surface area contributed by atoms with E-state index in [4.69, 9.17) is 0 Å². The molecule has 3 aliphatic carbocycles. The molecular formula is C23H34Cl2Zr. The molecule has 3 aliphatic rings. The van der Waals surface area contributed by atoms with Gasteiger partial charge in [0.1, 0.15) is 0 Å². The smallest absolute Gasteiger partial charge is 1.00 e. The first-order valence-corrected chi connectivity index (χ1v) is 12.4. The van der Waals surface area contributed by atoms with Crippen molar-refractivity contribution in [3.05, 3.63) is 40.5 Å². The van der Waals surface area contributed by atoms with Crippen molar-refractivity contribution in [1.82, 2.24) is 0 Å². The molecule has 0 spiro atoms. The molecule has 0 aromatic heterocycles. The van der Waals surface area contributed by atoms with Crippen molar-refractivity contribution in [2.45, 2.75) is 86.5 Å². The van der Waals surface area contributed by atoms with E-state index in [-0.39, 0.29) is 24.8 Å². The van der Waals surface area contributed by atoms with Gasteiger partial charge in [0, 0.05) is 0 Å². The van der Waals surface area contributed by atoms with E-state index in [0.717, 1.165) is 5.92 Å². The van der Waals surface area contributed by atoms with Crippen LogP contribution >= 0.6 is 0 Å². The normalized spacial score (nSPS) is 22.9. The maximum Gasteiger partial charge on any atom is -1.00 e. The molecule has 144 valence electrons. The Labute approximate surface area is 185 Å². The third kappa shape index (κ3) is 4.36. The molecule has 3 heteroatoms. The molecule has 1 fully saturated rings. The predicted octanol–water partition coefficient (Wildman–Crippen LogP) is 1.30. The summed E-state index contributed by atoms with van der Waals surface area (Å²) >= 11 is -0.699. The van der Waals surface area contributed by atoms with Crippen LogP contribution in [0.2, 0.25) is 0 Å². The van der Waals surface area contributed by atoms with E-state index in [9.17, 15) is 0 Å². The largest absolute Gasteiger partial charge is 1.00 e. The molecule has 0 aliphatic heterocycles.